The highest BCUT2D eigenvalue weighted by Gasteiger charge is 2.59. The molecule has 0 unspecified atom stereocenters. The minimum atomic E-state index is 0.000271. The molecule has 2 atom stereocenters. The summed E-state index contributed by atoms with van der Waals surface area (Å²) < 4.78 is 0. The fraction of sp³-hybridized carbons (Fsp3) is 0.548. The Morgan fingerprint density at radius 1 is 0.750 bits per heavy atom. The zero-order valence-corrected chi connectivity index (χ0v) is 21.4. The van der Waals surface area contributed by atoms with Crippen LogP contribution < -0.4 is 4.90 Å². The largest absolute Gasteiger partial charge is 0.368 e. The van der Waals surface area contributed by atoms with Crippen LogP contribution >= 0.6 is 0 Å². The molecule has 36 heavy (non-hydrogen) atoms. The van der Waals surface area contributed by atoms with Gasteiger partial charge in [0.1, 0.15) is 0 Å². The molecule has 2 heterocycles. The molecule has 2 amide bonds. The van der Waals surface area contributed by atoms with Crippen LogP contribution in [0, 0.1) is 17.3 Å². The maximum absolute atomic E-state index is 13.8. The maximum Gasteiger partial charge on any atom is 0.230 e. The standard InChI is InChI=1S/C31H39N3O2/c35-29(34-21-19-32(20-22-34)26-13-5-2-6-14-26)27-23-31(27)15-17-33(18-16-31)30(36)28(25-11-7-8-12-25)24-9-3-1-4-10-24/h1-6,9-10,13-14,25,27-28H,7-8,11-12,15-23H2/t27-,28-/m1/s1. The molecule has 0 radical (unpaired) electrons. The van der Waals surface area contributed by atoms with Crippen molar-refractivity contribution >= 4 is 17.5 Å². The molecular weight excluding hydrogens is 446 g/mol. The first kappa shape index (κ1) is 23.6. The molecule has 5 heteroatoms. The number of piperazine rings is 1. The minimum Gasteiger partial charge on any atom is -0.368 e. The van der Waals surface area contributed by atoms with E-state index in [1.165, 1.54) is 24.1 Å². The summed E-state index contributed by atoms with van der Waals surface area (Å²) in [6, 6.07) is 20.9. The molecule has 2 saturated heterocycles. The molecule has 190 valence electrons. The highest BCUT2D eigenvalue weighted by molar-refractivity contribution is 5.85. The molecule has 0 bridgehead atoms. The topological polar surface area (TPSA) is 43.9 Å². The zero-order valence-electron chi connectivity index (χ0n) is 21.4. The minimum absolute atomic E-state index is 0.000271. The van der Waals surface area contributed by atoms with E-state index in [0.29, 0.717) is 17.7 Å². The summed E-state index contributed by atoms with van der Waals surface area (Å²) >= 11 is 0. The Bertz CT molecular complexity index is 1050. The van der Waals surface area contributed by atoms with E-state index in [2.05, 4.69) is 63.2 Å². The van der Waals surface area contributed by atoms with Gasteiger partial charge in [-0.15, -0.1) is 0 Å². The number of piperidine rings is 1. The number of anilines is 1. The van der Waals surface area contributed by atoms with E-state index in [4.69, 9.17) is 0 Å². The number of para-hydroxylation sites is 1. The summed E-state index contributed by atoms with van der Waals surface area (Å²) in [6.07, 6.45) is 7.78. The van der Waals surface area contributed by atoms with Gasteiger partial charge < -0.3 is 14.7 Å². The van der Waals surface area contributed by atoms with Crippen molar-refractivity contribution < 1.29 is 9.59 Å². The normalized spacial score (nSPS) is 24.7. The first-order valence-electron chi connectivity index (χ1n) is 14.1. The van der Waals surface area contributed by atoms with Crippen LogP contribution in [0.15, 0.2) is 60.7 Å². The molecule has 0 N–H and O–H groups in total. The quantitative estimate of drug-likeness (QED) is 0.603. The second-order valence-electron chi connectivity index (χ2n) is 11.5. The molecule has 1 spiro atoms. The second kappa shape index (κ2) is 9.91. The maximum atomic E-state index is 13.8. The van der Waals surface area contributed by atoms with Crippen LogP contribution in [0.3, 0.4) is 0 Å². The number of hydrogen-bond donors (Lipinski definition) is 0. The van der Waals surface area contributed by atoms with Crippen LogP contribution in [-0.4, -0.2) is 60.9 Å². The number of nitrogens with zero attached hydrogens (tertiary/aromatic N) is 3. The third kappa shape index (κ3) is 4.53. The van der Waals surface area contributed by atoms with Gasteiger partial charge in [0.05, 0.1) is 5.92 Å². The van der Waals surface area contributed by atoms with E-state index in [-0.39, 0.29) is 17.3 Å². The number of carbonyl (C=O) groups excluding carboxylic acids is 2. The molecule has 2 aromatic carbocycles. The number of amides is 2. The Hall–Kier alpha value is -2.82. The van der Waals surface area contributed by atoms with E-state index in [0.717, 1.165) is 71.4 Å². The Kier molecular flexibility index (Phi) is 6.49. The van der Waals surface area contributed by atoms with Crippen molar-refractivity contribution in [1.29, 1.82) is 0 Å². The molecule has 2 aromatic rings. The van der Waals surface area contributed by atoms with Crippen LogP contribution in [-0.2, 0) is 9.59 Å². The van der Waals surface area contributed by atoms with Gasteiger partial charge in [0.25, 0.3) is 0 Å². The van der Waals surface area contributed by atoms with Gasteiger partial charge in [-0.3, -0.25) is 9.59 Å². The SMILES string of the molecule is O=C([C@H](c1ccccc1)C1CCCC1)N1CCC2(CC1)C[C@@H]2C(=O)N1CCN(c2ccccc2)CC1. The van der Waals surface area contributed by atoms with E-state index in [9.17, 15) is 9.59 Å². The van der Waals surface area contributed by atoms with Crippen molar-refractivity contribution in [3.8, 4) is 0 Å². The Labute approximate surface area is 215 Å². The van der Waals surface area contributed by atoms with Gasteiger partial charge in [0.2, 0.25) is 11.8 Å². The summed E-state index contributed by atoms with van der Waals surface area (Å²) in [5.74, 6) is 1.32. The number of carbonyl (C=O) groups is 2. The van der Waals surface area contributed by atoms with E-state index < -0.39 is 0 Å². The lowest BCUT2D eigenvalue weighted by Gasteiger charge is -2.38. The zero-order chi connectivity index (χ0) is 24.5. The molecule has 2 aliphatic carbocycles. The first-order valence-corrected chi connectivity index (χ1v) is 14.1. The first-order chi connectivity index (χ1) is 17.6. The van der Waals surface area contributed by atoms with Gasteiger partial charge in [-0.05, 0) is 61.1 Å². The summed E-state index contributed by atoms with van der Waals surface area (Å²) in [6.45, 7) is 5.04. The van der Waals surface area contributed by atoms with Gasteiger partial charge in [0, 0.05) is 50.9 Å². The van der Waals surface area contributed by atoms with Crippen molar-refractivity contribution in [3.05, 3.63) is 66.2 Å². The second-order valence-corrected chi connectivity index (χ2v) is 11.5. The molecule has 2 saturated carbocycles. The molecule has 0 aromatic heterocycles. The Balaban J connectivity index is 1.04. The van der Waals surface area contributed by atoms with Gasteiger partial charge >= 0.3 is 0 Å². The highest BCUT2D eigenvalue weighted by atomic mass is 16.2. The average Bonchev–Trinajstić information content (AvgIpc) is 3.36. The molecule has 4 aliphatic rings. The lowest BCUT2D eigenvalue weighted by Crippen LogP contribution is -2.50. The van der Waals surface area contributed by atoms with Crippen molar-refractivity contribution in [2.24, 2.45) is 17.3 Å². The van der Waals surface area contributed by atoms with E-state index in [1.54, 1.807) is 0 Å². The monoisotopic (exact) mass is 485 g/mol. The third-order valence-electron chi connectivity index (χ3n) is 9.57. The molecule has 4 fully saturated rings. The van der Waals surface area contributed by atoms with Crippen LogP contribution in [0.5, 0.6) is 0 Å². The van der Waals surface area contributed by atoms with Crippen molar-refractivity contribution in [2.75, 3.05) is 44.2 Å². The average molecular weight is 486 g/mol. The summed E-state index contributed by atoms with van der Waals surface area (Å²) in [4.78, 5) is 33.8. The van der Waals surface area contributed by atoms with Crippen molar-refractivity contribution in [2.45, 2.75) is 50.9 Å². The number of hydrogen-bond acceptors (Lipinski definition) is 3. The van der Waals surface area contributed by atoms with Crippen LogP contribution in [0.1, 0.15) is 56.4 Å². The lowest BCUT2D eigenvalue weighted by atomic mass is 9.82. The van der Waals surface area contributed by atoms with Gasteiger partial charge in [-0.25, -0.2) is 0 Å². The van der Waals surface area contributed by atoms with Crippen LogP contribution in [0.4, 0.5) is 5.69 Å². The summed E-state index contributed by atoms with van der Waals surface area (Å²) in [5, 5.41) is 0. The third-order valence-corrected chi connectivity index (χ3v) is 9.57. The summed E-state index contributed by atoms with van der Waals surface area (Å²) in [5.41, 5.74) is 2.57. The number of benzene rings is 2. The molecule has 2 aliphatic heterocycles. The van der Waals surface area contributed by atoms with E-state index >= 15 is 0 Å². The molecular formula is C31H39N3O2. The fourth-order valence-electron chi connectivity index (χ4n) is 7.23. The highest BCUT2D eigenvalue weighted by Crippen LogP contribution is 2.60. The predicted molar refractivity (Wildman–Crippen MR) is 143 cm³/mol. The fourth-order valence-corrected chi connectivity index (χ4v) is 7.23. The van der Waals surface area contributed by atoms with Gasteiger partial charge in [0.15, 0.2) is 0 Å². The molecule has 5 nitrogen and oxygen atoms in total. The number of likely N-dealkylation sites (tertiary alicyclic amines) is 1. The Morgan fingerprint density at radius 2 is 1.36 bits per heavy atom. The smallest absolute Gasteiger partial charge is 0.230 e. The Morgan fingerprint density at radius 3 is 2.00 bits per heavy atom. The van der Waals surface area contributed by atoms with E-state index in [1.807, 2.05) is 12.1 Å². The predicted octanol–water partition coefficient (Wildman–Crippen LogP) is 4.94. The van der Waals surface area contributed by atoms with Crippen LogP contribution in [0.25, 0.3) is 0 Å². The van der Waals surface area contributed by atoms with Crippen molar-refractivity contribution in [3.63, 3.8) is 0 Å². The van der Waals surface area contributed by atoms with Gasteiger partial charge in [-0.1, -0.05) is 61.4 Å². The van der Waals surface area contributed by atoms with Gasteiger partial charge in [-0.2, -0.15) is 0 Å². The summed E-state index contributed by atoms with van der Waals surface area (Å²) in [7, 11) is 0. The van der Waals surface area contributed by atoms with Crippen molar-refractivity contribution in [1.82, 2.24) is 9.80 Å². The van der Waals surface area contributed by atoms with Crippen LogP contribution in [0.2, 0.25) is 0 Å². The number of rotatable bonds is 5. The lowest BCUT2D eigenvalue weighted by molar-refractivity contribution is -0.136. The molecule has 6 rings (SSSR count).